The fourth-order valence-corrected chi connectivity index (χ4v) is 6.59. The molecule has 2 aromatic heterocycles. The number of benzene rings is 2. The van der Waals surface area contributed by atoms with Gasteiger partial charge in [-0.1, -0.05) is 48.5 Å². The second-order valence-electron chi connectivity index (χ2n) is 7.35. The van der Waals surface area contributed by atoms with Crippen LogP contribution < -0.4 is 0 Å². The second kappa shape index (κ2) is 7.83. The molecule has 5 nitrogen and oxygen atoms in total. The monoisotopic (exact) mass is 436 g/mol. The summed E-state index contributed by atoms with van der Waals surface area (Å²) in [6.45, 7) is 2.44. The molecule has 0 saturated heterocycles. The minimum absolute atomic E-state index is 0.136. The first kappa shape index (κ1) is 19.2. The van der Waals surface area contributed by atoms with Gasteiger partial charge in [-0.2, -0.15) is 0 Å². The van der Waals surface area contributed by atoms with Gasteiger partial charge in [-0.25, -0.2) is 9.00 Å². The smallest absolute Gasteiger partial charge is 0.347 e. The Balaban J connectivity index is 1.59. The molecule has 1 N–H and O–H groups in total. The minimum atomic E-state index is -1.62. The van der Waals surface area contributed by atoms with Crippen LogP contribution in [-0.2, 0) is 30.5 Å². The first-order valence-electron chi connectivity index (χ1n) is 9.74. The van der Waals surface area contributed by atoms with Gasteiger partial charge in [0.05, 0.1) is 16.1 Å². The maximum atomic E-state index is 13.6. The van der Waals surface area contributed by atoms with Gasteiger partial charge in [-0.3, -0.25) is 8.87 Å². The number of para-hydroxylation sites is 1. The molecule has 152 valence electrons. The molecule has 0 aliphatic carbocycles. The van der Waals surface area contributed by atoms with Gasteiger partial charge in [0.15, 0.2) is 11.0 Å². The first-order valence-corrected chi connectivity index (χ1v) is 11.7. The highest BCUT2D eigenvalue weighted by Gasteiger charge is 2.28. The number of thiophene rings is 1. The van der Waals surface area contributed by atoms with Crippen LogP contribution in [0.2, 0.25) is 0 Å². The molecule has 5 rings (SSSR count). The average molecular weight is 437 g/mol. The fourth-order valence-electron chi connectivity index (χ4n) is 4.18. The Bertz CT molecular complexity index is 1260. The van der Waals surface area contributed by atoms with E-state index in [1.807, 2.05) is 40.4 Å². The number of hydrogen-bond donors (Lipinski definition) is 1. The van der Waals surface area contributed by atoms with E-state index in [2.05, 4.69) is 23.1 Å². The average Bonchev–Trinajstić information content (AvgIpc) is 3.37. The van der Waals surface area contributed by atoms with Crippen LogP contribution in [0, 0.1) is 0 Å². The lowest BCUT2D eigenvalue weighted by molar-refractivity contribution is 0.0698. The van der Waals surface area contributed by atoms with Crippen molar-refractivity contribution < 1.29 is 14.1 Å². The Morgan fingerprint density at radius 3 is 2.63 bits per heavy atom. The summed E-state index contributed by atoms with van der Waals surface area (Å²) in [5.74, 6) is -1.04. The number of hydrogen-bond acceptors (Lipinski definition) is 4. The molecule has 2 aromatic carbocycles. The SMILES string of the molecule is O=C(O)c1sccc1S(=O)n1c2c(c3ccccc31)CCN(Cc1ccccc1)C2. The van der Waals surface area contributed by atoms with Crippen molar-refractivity contribution in [3.8, 4) is 0 Å². The van der Waals surface area contributed by atoms with Crippen molar-refractivity contribution in [1.82, 2.24) is 8.87 Å². The molecular formula is C23H20N2O3S2. The van der Waals surface area contributed by atoms with E-state index < -0.39 is 17.0 Å². The number of carbonyl (C=O) groups is 1. The number of aromatic carboxylic acids is 1. The Morgan fingerprint density at radius 2 is 1.83 bits per heavy atom. The summed E-state index contributed by atoms with van der Waals surface area (Å²) in [5.41, 5.74) is 4.37. The first-order chi connectivity index (χ1) is 14.6. The van der Waals surface area contributed by atoms with Crippen LogP contribution in [0.3, 0.4) is 0 Å². The number of rotatable bonds is 5. The number of nitrogens with zero attached hydrogens (tertiary/aromatic N) is 2. The van der Waals surface area contributed by atoms with Crippen LogP contribution in [0.25, 0.3) is 10.9 Å². The van der Waals surface area contributed by atoms with Gasteiger partial charge in [0, 0.05) is 25.0 Å². The molecule has 3 heterocycles. The highest BCUT2D eigenvalue weighted by Crippen LogP contribution is 2.34. The molecule has 0 spiro atoms. The summed E-state index contributed by atoms with van der Waals surface area (Å²) in [5, 5.41) is 12.3. The van der Waals surface area contributed by atoms with Crippen LogP contribution in [-0.4, -0.2) is 30.7 Å². The van der Waals surface area contributed by atoms with Crippen molar-refractivity contribution in [3.63, 3.8) is 0 Å². The number of fused-ring (bicyclic) bond motifs is 3. The van der Waals surface area contributed by atoms with Crippen LogP contribution >= 0.6 is 11.3 Å². The topological polar surface area (TPSA) is 62.5 Å². The van der Waals surface area contributed by atoms with Gasteiger partial charge in [0.25, 0.3) is 0 Å². The van der Waals surface area contributed by atoms with Crippen molar-refractivity contribution >= 4 is 39.2 Å². The van der Waals surface area contributed by atoms with Crippen molar-refractivity contribution in [2.24, 2.45) is 0 Å². The molecule has 0 saturated carbocycles. The molecule has 1 aliphatic rings. The van der Waals surface area contributed by atoms with Crippen molar-refractivity contribution in [2.45, 2.75) is 24.4 Å². The molecule has 0 bridgehead atoms. The lowest BCUT2D eigenvalue weighted by Crippen LogP contribution is -2.31. The van der Waals surface area contributed by atoms with E-state index in [0.717, 1.165) is 47.4 Å². The zero-order chi connectivity index (χ0) is 20.7. The summed E-state index contributed by atoms with van der Waals surface area (Å²) in [6.07, 6.45) is 0.877. The zero-order valence-corrected chi connectivity index (χ0v) is 17.8. The summed E-state index contributed by atoms with van der Waals surface area (Å²) in [4.78, 5) is 14.5. The van der Waals surface area contributed by atoms with E-state index in [4.69, 9.17) is 0 Å². The number of carboxylic acid groups (broad SMARTS) is 1. The Kier molecular flexibility index (Phi) is 5.02. The van der Waals surface area contributed by atoms with Crippen LogP contribution in [0.1, 0.15) is 26.5 Å². The third-order valence-electron chi connectivity index (χ3n) is 5.52. The largest absolute Gasteiger partial charge is 0.477 e. The third kappa shape index (κ3) is 3.29. The highest BCUT2D eigenvalue weighted by molar-refractivity contribution is 7.84. The van der Waals surface area contributed by atoms with E-state index in [1.54, 1.807) is 11.4 Å². The van der Waals surface area contributed by atoms with Crippen LogP contribution in [0.4, 0.5) is 0 Å². The molecule has 0 radical (unpaired) electrons. The molecule has 0 fully saturated rings. The molecule has 0 amide bonds. The Hall–Kier alpha value is -2.74. The summed E-state index contributed by atoms with van der Waals surface area (Å²) >= 11 is 1.11. The van der Waals surface area contributed by atoms with Crippen LogP contribution in [0.15, 0.2) is 70.9 Å². The predicted molar refractivity (Wildman–Crippen MR) is 119 cm³/mol. The summed E-state index contributed by atoms with van der Waals surface area (Å²) in [6, 6.07) is 20.0. The molecule has 4 aromatic rings. The van der Waals surface area contributed by atoms with Gasteiger partial charge >= 0.3 is 5.97 Å². The molecule has 7 heteroatoms. The van der Waals surface area contributed by atoms with Gasteiger partial charge in [-0.05, 0) is 35.1 Å². The van der Waals surface area contributed by atoms with E-state index in [1.165, 1.54) is 11.1 Å². The summed E-state index contributed by atoms with van der Waals surface area (Å²) < 4.78 is 15.5. The zero-order valence-electron chi connectivity index (χ0n) is 16.2. The van der Waals surface area contributed by atoms with Gasteiger partial charge in [-0.15, -0.1) is 11.3 Å². The van der Waals surface area contributed by atoms with Crippen LogP contribution in [0.5, 0.6) is 0 Å². The number of carboxylic acids is 1. The molecule has 1 atom stereocenters. The lowest BCUT2D eigenvalue weighted by Gasteiger charge is -2.28. The van der Waals surface area contributed by atoms with Crippen molar-refractivity contribution in [2.75, 3.05) is 6.54 Å². The van der Waals surface area contributed by atoms with Crippen molar-refractivity contribution in [1.29, 1.82) is 0 Å². The van der Waals surface area contributed by atoms with Gasteiger partial charge in [0.1, 0.15) is 4.88 Å². The Morgan fingerprint density at radius 1 is 1.07 bits per heavy atom. The van der Waals surface area contributed by atoms with Crippen molar-refractivity contribution in [3.05, 3.63) is 87.7 Å². The lowest BCUT2D eigenvalue weighted by atomic mass is 10.0. The minimum Gasteiger partial charge on any atom is -0.477 e. The fraction of sp³-hybridized carbons (Fsp3) is 0.174. The standard InChI is InChI=1S/C23H20N2O3S2/c26-23(27)22-21(11-13-29-22)30(28)25-19-9-5-4-8-17(19)18-10-12-24(15-20(18)25)14-16-6-2-1-3-7-16/h1-9,11,13H,10,12,14-15H2,(H,26,27). The van der Waals surface area contributed by atoms with E-state index in [9.17, 15) is 14.1 Å². The molecule has 30 heavy (non-hydrogen) atoms. The highest BCUT2D eigenvalue weighted by atomic mass is 32.2. The molecule has 1 unspecified atom stereocenters. The third-order valence-corrected chi connectivity index (χ3v) is 8.02. The molecule has 1 aliphatic heterocycles. The van der Waals surface area contributed by atoms with Gasteiger partial charge < -0.3 is 5.11 Å². The van der Waals surface area contributed by atoms with E-state index in [-0.39, 0.29) is 4.88 Å². The maximum absolute atomic E-state index is 13.6. The van der Waals surface area contributed by atoms with E-state index >= 15 is 0 Å². The van der Waals surface area contributed by atoms with Gasteiger partial charge in [0.2, 0.25) is 0 Å². The predicted octanol–water partition coefficient (Wildman–Crippen LogP) is 4.53. The second-order valence-corrected chi connectivity index (χ2v) is 9.57. The molecular weight excluding hydrogens is 416 g/mol. The number of aromatic nitrogens is 1. The quantitative estimate of drug-likeness (QED) is 0.499. The Labute approximate surface area is 180 Å². The maximum Gasteiger partial charge on any atom is 0.347 e. The normalized spacial score (nSPS) is 15.2. The van der Waals surface area contributed by atoms with E-state index in [0.29, 0.717) is 11.4 Å². The summed E-state index contributed by atoms with van der Waals surface area (Å²) in [7, 11) is -1.62.